The Balaban J connectivity index is 2.06. The van der Waals surface area contributed by atoms with Crippen LogP contribution in [0.25, 0.3) is 0 Å². The second-order valence-electron chi connectivity index (χ2n) is 4.56. The van der Waals surface area contributed by atoms with Crippen LogP contribution < -0.4 is 10.2 Å². The van der Waals surface area contributed by atoms with Crippen molar-refractivity contribution in [1.29, 1.82) is 0 Å². The predicted octanol–water partition coefficient (Wildman–Crippen LogP) is 3.06. The lowest BCUT2D eigenvalue weighted by Gasteiger charge is -2.20. The third-order valence-electron chi connectivity index (χ3n) is 3.09. The summed E-state index contributed by atoms with van der Waals surface area (Å²) in [4.78, 5) is 2.14. The SMILES string of the molecule is CC1SCCC1Nc1cccc(N(C)C)c1. The first-order valence-electron chi connectivity index (χ1n) is 5.82. The summed E-state index contributed by atoms with van der Waals surface area (Å²) in [5, 5.41) is 4.36. The average molecular weight is 236 g/mol. The average Bonchev–Trinajstić information content (AvgIpc) is 2.65. The number of nitrogens with zero attached hydrogens (tertiary/aromatic N) is 1. The minimum atomic E-state index is 0.627. The fraction of sp³-hybridized carbons (Fsp3) is 0.538. The van der Waals surface area contributed by atoms with Crippen molar-refractivity contribution in [1.82, 2.24) is 0 Å². The fourth-order valence-electron chi connectivity index (χ4n) is 2.01. The zero-order chi connectivity index (χ0) is 11.5. The second-order valence-corrected chi connectivity index (χ2v) is 6.05. The molecular weight excluding hydrogens is 216 g/mol. The van der Waals surface area contributed by atoms with Crippen LogP contribution in [0.1, 0.15) is 13.3 Å². The normalized spacial score (nSPS) is 24.4. The molecule has 0 saturated carbocycles. The highest BCUT2D eigenvalue weighted by atomic mass is 32.2. The molecule has 1 heterocycles. The van der Waals surface area contributed by atoms with Crippen LogP contribution in [0, 0.1) is 0 Å². The number of benzene rings is 1. The van der Waals surface area contributed by atoms with E-state index in [0.29, 0.717) is 6.04 Å². The molecule has 0 aromatic heterocycles. The van der Waals surface area contributed by atoms with E-state index in [0.717, 1.165) is 5.25 Å². The number of hydrogen-bond donors (Lipinski definition) is 1. The van der Waals surface area contributed by atoms with Gasteiger partial charge in [-0.3, -0.25) is 0 Å². The number of anilines is 2. The molecule has 2 unspecified atom stereocenters. The Morgan fingerprint density at radius 3 is 2.81 bits per heavy atom. The van der Waals surface area contributed by atoms with Crippen molar-refractivity contribution in [3.8, 4) is 0 Å². The monoisotopic (exact) mass is 236 g/mol. The summed E-state index contributed by atoms with van der Waals surface area (Å²) < 4.78 is 0. The van der Waals surface area contributed by atoms with E-state index in [2.05, 4.69) is 67.3 Å². The Labute approximate surface area is 102 Å². The number of hydrogen-bond acceptors (Lipinski definition) is 3. The summed E-state index contributed by atoms with van der Waals surface area (Å²) in [6, 6.07) is 9.25. The van der Waals surface area contributed by atoms with Crippen molar-refractivity contribution in [2.45, 2.75) is 24.6 Å². The third kappa shape index (κ3) is 2.64. The first kappa shape index (κ1) is 11.6. The zero-order valence-corrected chi connectivity index (χ0v) is 11.1. The minimum Gasteiger partial charge on any atom is -0.381 e. The molecule has 0 aliphatic carbocycles. The molecule has 0 bridgehead atoms. The van der Waals surface area contributed by atoms with Gasteiger partial charge in [0.25, 0.3) is 0 Å². The molecule has 2 nitrogen and oxygen atoms in total. The van der Waals surface area contributed by atoms with Gasteiger partial charge in [-0.2, -0.15) is 11.8 Å². The van der Waals surface area contributed by atoms with Crippen LogP contribution in [0.15, 0.2) is 24.3 Å². The van der Waals surface area contributed by atoms with Crippen molar-refractivity contribution in [2.24, 2.45) is 0 Å². The summed E-state index contributed by atoms with van der Waals surface area (Å²) in [6.07, 6.45) is 1.28. The molecule has 0 amide bonds. The van der Waals surface area contributed by atoms with Gasteiger partial charge < -0.3 is 10.2 Å². The molecule has 1 N–H and O–H groups in total. The number of nitrogens with one attached hydrogen (secondary N) is 1. The lowest BCUT2D eigenvalue weighted by molar-refractivity contribution is 0.724. The van der Waals surface area contributed by atoms with E-state index >= 15 is 0 Å². The maximum Gasteiger partial charge on any atom is 0.0385 e. The first-order chi connectivity index (χ1) is 7.66. The lowest BCUT2D eigenvalue weighted by Crippen LogP contribution is -2.24. The van der Waals surface area contributed by atoms with Gasteiger partial charge in [0.05, 0.1) is 0 Å². The molecule has 2 rings (SSSR count). The summed E-state index contributed by atoms with van der Waals surface area (Å²) in [7, 11) is 4.15. The van der Waals surface area contributed by atoms with Crippen LogP contribution in [-0.2, 0) is 0 Å². The van der Waals surface area contributed by atoms with Crippen LogP contribution >= 0.6 is 11.8 Å². The van der Waals surface area contributed by atoms with Gasteiger partial charge in [-0.15, -0.1) is 0 Å². The van der Waals surface area contributed by atoms with Gasteiger partial charge in [-0.05, 0) is 30.4 Å². The molecule has 88 valence electrons. The van der Waals surface area contributed by atoms with Gasteiger partial charge in [0, 0.05) is 36.8 Å². The Kier molecular flexibility index (Phi) is 3.64. The Morgan fingerprint density at radius 1 is 1.38 bits per heavy atom. The van der Waals surface area contributed by atoms with Crippen molar-refractivity contribution >= 4 is 23.1 Å². The van der Waals surface area contributed by atoms with Crippen molar-refractivity contribution in [2.75, 3.05) is 30.1 Å². The molecule has 3 heteroatoms. The molecule has 1 aromatic carbocycles. The van der Waals surface area contributed by atoms with Crippen molar-refractivity contribution in [3.63, 3.8) is 0 Å². The molecule has 1 saturated heterocycles. The van der Waals surface area contributed by atoms with E-state index < -0.39 is 0 Å². The molecular formula is C13H20N2S. The summed E-state index contributed by atoms with van der Waals surface area (Å²) in [5.41, 5.74) is 2.49. The third-order valence-corrected chi connectivity index (χ3v) is 4.42. The van der Waals surface area contributed by atoms with Gasteiger partial charge in [0.15, 0.2) is 0 Å². The summed E-state index contributed by atoms with van der Waals surface area (Å²) >= 11 is 2.06. The maximum atomic E-state index is 3.64. The van der Waals surface area contributed by atoms with Gasteiger partial charge in [-0.1, -0.05) is 13.0 Å². The molecule has 1 aliphatic heterocycles. The van der Waals surface area contributed by atoms with Gasteiger partial charge in [0.2, 0.25) is 0 Å². The van der Waals surface area contributed by atoms with Crippen LogP contribution in [0.5, 0.6) is 0 Å². The predicted molar refractivity (Wildman–Crippen MR) is 74.7 cm³/mol. The fourth-order valence-corrected chi connectivity index (χ4v) is 3.21. The molecule has 1 aromatic rings. The van der Waals surface area contributed by atoms with E-state index in [9.17, 15) is 0 Å². The first-order valence-corrected chi connectivity index (χ1v) is 6.87. The standard InChI is InChI=1S/C13H20N2S/c1-10-13(7-8-16-10)14-11-5-4-6-12(9-11)15(2)3/h4-6,9-10,13-14H,7-8H2,1-3H3. The highest BCUT2D eigenvalue weighted by molar-refractivity contribution is 8.00. The topological polar surface area (TPSA) is 15.3 Å². The minimum absolute atomic E-state index is 0.627. The number of thioether (sulfide) groups is 1. The van der Waals surface area contributed by atoms with Gasteiger partial charge in [0.1, 0.15) is 0 Å². The zero-order valence-electron chi connectivity index (χ0n) is 10.2. The largest absolute Gasteiger partial charge is 0.381 e. The molecule has 1 aliphatic rings. The maximum absolute atomic E-state index is 3.64. The van der Waals surface area contributed by atoms with Gasteiger partial charge in [-0.25, -0.2) is 0 Å². The van der Waals surface area contributed by atoms with Crippen LogP contribution in [-0.4, -0.2) is 31.1 Å². The Bertz CT molecular complexity index is 352. The Hall–Kier alpha value is -0.830. The highest BCUT2D eigenvalue weighted by Crippen LogP contribution is 2.29. The lowest BCUT2D eigenvalue weighted by atomic mass is 10.1. The van der Waals surface area contributed by atoms with Crippen molar-refractivity contribution < 1.29 is 0 Å². The number of rotatable bonds is 3. The quantitative estimate of drug-likeness (QED) is 0.868. The van der Waals surface area contributed by atoms with Gasteiger partial charge >= 0.3 is 0 Å². The highest BCUT2D eigenvalue weighted by Gasteiger charge is 2.23. The van der Waals surface area contributed by atoms with Crippen LogP contribution in [0.4, 0.5) is 11.4 Å². The summed E-state index contributed by atoms with van der Waals surface area (Å²) in [5.74, 6) is 1.28. The van der Waals surface area contributed by atoms with Crippen molar-refractivity contribution in [3.05, 3.63) is 24.3 Å². The summed E-state index contributed by atoms with van der Waals surface area (Å²) in [6.45, 7) is 2.31. The Morgan fingerprint density at radius 2 is 2.19 bits per heavy atom. The smallest absolute Gasteiger partial charge is 0.0385 e. The molecule has 2 atom stereocenters. The molecule has 0 spiro atoms. The van der Waals surface area contributed by atoms with Crippen LogP contribution in [0.2, 0.25) is 0 Å². The molecule has 1 fully saturated rings. The van der Waals surface area contributed by atoms with E-state index in [1.54, 1.807) is 0 Å². The molecule has 16 heavy (non-hydrogen) atoms. The second kappa shape index (κ2) is 5.00. The van der Waals surface area contributed by atoms with E-state index in [-0.39, 0.29) is 0 Å². The van der Waals surface area contributed by atoms with E-state index in [1.807, 2.05) is 0 Å². The molecule has 0 radical (unpaired) electrons. The van der Waals surface area contributed by atoms with E-state index in [4.69, 9.17) is 0 Å². The van der Waals surface area contributed by atoms with Crippen LogP contribution in [0.3, 0.4) is 0 Å². The van der Waals surface area contributed by atoms with E-state index in [1.165, 1.54) is 23.5 Å².